The summed E-state index contributed by atoms with van der Waals surface area (Å²) in [5.74, 6) is 0.509. The Morgan fingerprint density at radius 1 is 1.45 bits per heavy atom. The molecule has 7 heteroatoms. The summed E-state index contributed by atoms with van der Waals surface area (Å²) in [6, 6.07) is 4.87. The van der Waals surface area contributed by atoms with Gasteiger partial charge in [0.15, 0.2) is 0 Å². The van der Waals surface area contributed by atoms with Gasteiger partial charge in [-0.05, 0) is 41.0 Å². The van der Waals surface area contributed by atoms with Gasteiger partial charge < -0.3 is 10.1 Å². The monoisotopic (exact) mass is 360 g/mol. The van der Waals surface area contributed by atoms with Crippen molar-refractivity contribution in [3.8, 4) is 5.75 Å². The van der Waals surface area contributed by atoms with Gasteiger partial charge in [0, 0.05) is 23.6 Å². The fourth-order valence-electron chi connectivity index (χ4n) is 1.91. The first kappa shape index (κ1) is 15.5. The van der Waals surface area contributed by atoms with Crippen molar-refractivity contribution in [1.82, 2.24) is 10.0 Å². The van der Waals surface area contributed by atoms with E-state index in [4.69, 9.17) is 4.74 Å². The van der Waals surface area contributed by atoms with Crippen LogP contribution in [0.4, 0.5) is 0 Å². The molecule has 5 nitrogen and oxygen atoms in total. The summed E-state index contributed by atoms with van der Waals surface area (Å²) in [4.78, 5) is 0.186. The van der Waals surface area contributed by atoms with E-state index in [0.29, 0.717) is 16.8 Å². The van der Waals surface area contributed by atoms with E-state index in [0.717, 1.165) is 25.1 Å². The van der Waals surface area contributed by atoms with Gasteiger partial charge in [0.1, 0.15) is 5.75 Å². The highest BCUT2D eigenvalue weighted by molar-refractivity contribution is 9.10. The van der Waals surface area contributed by atoms with Crippen LogP contribution in [0.2, 0.25) is 0 Å². The van der Waals surface area contributed by atoms with Crippen molar-refractivity contribution in [2.45, 2.75) is 11.3 Å². The first-order chi connectivity index (χ1) is 9.53. The van der Waals surface area contributed by atoms with Crippen molar-refractivity contribution in [3.63, 3.8) is 0 Å². The fourth-order valence-corrected chi connectivity index (χ4v) is 3.93. The lowest BCUT2D eigenvalue weighted by molar-refractivity contribution is 0.413. The maximum absolute atomic E-state index is 12.3. The summed E-state index contributed by atoms with van der Waals surface area (Å²) in [6.45, 7) is 2.02. The van der Waals surface area contributed by atoms with Crippen LogP contribution in [-0.4, -0.2) is 35.2 Å². The molecule has 1 aliphatic rings. The molecule has 1 aliphatic heterocycles. The zero-order valence-corrected chi connectivity index (χ0v) is 13.6. The number of hydrogen-bond acceptors (Lipinski definition) is 4. The maximum atomic E-state index is 12.3. The molecule has 0 aromatic heterocycles. The van der Waals surface area contributed by atoms with Gasteiger partial charge in [-0.2, -0.15) is 0 Å². The van der Waals surface area contributed by atoms with Crippen molar-refractivity contribution < 1.29 is 13.2 Å². The average molecular weight is 361 g/mol. The Kier molecular flexibility index (Phi) is 5.20. The van der Waals surface area contributed by atoms with Gasteiger partial charge >= 0.3 is 0 Å². The van der Waals surface area contributed by atoms with Crippen molar-refractivity contribution in [2.24, 2.45) is 0 Å². The van der Waals surface area contributed by atoms with Crippen LogP contribution in [0.15, 0.2) is 39.2 Å². The normalized spacial score (nSPS) is 15.8. The molecule has 1 heterocycles. The van der Waals surface area contributed by atoms with Gasteiger partial charge in [0.05, 0.1) is 12.0 Å². The van der Waals surface area contributed by atoms with E-state index in [1.807, 2.05) is 6.08 Å². The molecule has 2 rings (SSSR count). The molecule has 20 heavy (non-hydrogen) atoms. The van der Waals surface area contributed by atoms with Gasteiger partial charge in [-0.3, -0.25) is 0 Å². The lowest BCUT2D eigenvalue weighted by Crippen LogP contribution is -2.29. The summed E-state index contributed by atoms with van der Waals surface area (Å²) >= 11 is 3.26. The van der Waals surface area contributed by atoms with Gasteiger partial charge in [-0.15, -0.1) is 0 Å². The minimum atomic E-state index is -3.56. The highest BCUT2D eigenvalue weighted by Gasteiger charge is 2.19. The molecule has 0 spiro atoms. The minimum Gasteiger partial charge on any atom is -0.497 e. The molecule has 1 aromatic rings. The Labute approximate surface area is 127 Å². The second kappa shape index (κ2) is 6.71. The van der Waals surface area contributed by atoms with E-state index >= 15 is 0 Å². The van der Waals surface area contributed by atoms with Gasteiger partial charge in [-0.25, -0.2) is 13.1 Å². The van der Waals surface area contributed by atoms with Crippen LogP contribution in [0.5, 0.6) is 5.75 Å². The molecule has 0 aliphatic carbocycles. The van der Waals surface area contributed by atoms with Crippen LogP contribution in [0.25, 0.3) is 0 Å². The zero-order chi connectivity index (χ0) is 14.6. The predicted molar refractivity (Wildman–Crippen MR) is 81.5 cm³/mol. The van der Waals surface area contributed by atoms with Crippen molar-refractivity contribution in [2.75, 3.05) is 26.7 Å². The number of sulfonamides is 1. The van der Waals surface area contributed by atoms with Gasteiger partial charge in [0.2, 0.25) is 10.0 Å². The molecule has 0 amide bonds. The maximum Gasteiger partial charge on any atom is 0.242 e. The number of ether oxygens (including phenoxy) is 1. The third-order valence-corrected chi connectivity index (χ3v) is 5.47. The van der Waals surface area contributed by atoms with Crippen LogP contribution in [-0.2, 0) is 10.0 Å². The Hall–Kier alpha value is -0.890. The molecule has 0 saturated carbocycles. The summed E-state index contributed by atoms with van der Waals surface area (Å²) in [5.41, 5.74) is 1.10. The molecule has 110 valence electrons. The summed E-state index contributed by atoms with van der Waals surface area (Å²) in [6.07, 6.45) is 2.88. The molecule has 0 radical (unpaired) electrons. The summed E-state index contributed by atoms with van der Waals surface area (Å²) in [7, 11) is -2.05. The Morgan fingerprint density at radius 2 is 2.25 bits per heavy atom. The summed E-state index contributed by atoms with van der Waals surface area (Å²) in [5, 5.41) is 3.19. The SMILES string of the molecule is COc1ccc(Br)c(S(=O)(=O)NCC2=CCNCC2)c1. The number of halogens is 1. The molecule has 1 aromatic carbocycles. The van der Waals surface area contributed by atoms with Crippen LogP contribution in [0, 0.1) is 0 Å². The Balaban J connectivity index is 2.15. The summed E-state index contributed by atoms with van der Waals surface area (Å²) < 4.78 is 32.9. The largest absolute Gasteiger partial charge is 0.497 e. The number of methoxy groups -OCH3 is 1. The van der Waals surface area contributed by atoms with E-state index in [9.17, 15) is 8.42 Å². The van der Waals surface area contributed by atoms with E-state index < -0.39 is 10.0 Å². The van der Waals surface area contributed by atoms with Crippen molar-refractivity contribution in [3.05, 3.63) is 34.3 Å². The molecule has 0 atom stereocenters. The second-order valence-corrected chi connectivity index (χ2v) is 7.03. The average Bonchev–Trinajstić information content (AvgIpc) is 2.47. The Morgan fingerprint density at radius 3 is 2.90 bits per heavy atom. The third-order valence-electron chi connectivity index (χ3n) is 3.08. The standard InChI is InChI=1S/C13H17BrN2O3S/c1-19-11-2-3-12(14)13(8-11)20(17,18)16-9-10-4-6-15-7-5-10/h2-4,8,15-16H,5-7,9H2,1H3. The fraction of sp³-hybridized carbons (Fsp3) is 0.385. The van der Waals surface area contributed by atoms with E-state index in [-0.39, 0.29) is 4.90 Å². The third kappa shape index (κ3) is 3.82. The molecular weight excluding hydrogens is 344 g/mol. The van der Waals surface area contributed by atoms with Gasteiger partial charge in [0.25, 0.3) is 0 Å². The first-order valence-corrected chi connectivity index (χ1v) is 8.52. The molecule has 0 fully saturated rings. The lowest BCUT2D eigenvalue weighted by Gasteiger charge is -2.15. The molecule has 0 saturated heterocycles. The van der Waals surface area contributed by atoms with Crippen molar-refractivity contribution in [1.29, 1.82) is 0 Å². The van der Waals surface area contributed by atoms with Crippen LogP contribution in [0.1, 0.15) is 6.42 Å². The highest BCUT2D eigenvalue weighted by Crippen LogP contribution is 2.26. The molecule has 0 bridgehead atoms. The second-order valence-electron chi connectivity index (χ2n) is 4.44. The molecular formula is C13H17BrN2O3S. The van der Waals surface area contributed by atoms with Crippen LogP contribution >= 0.6 is 15.9 Å². The zero-order valence-electron chi connectivity index (χ0n) is 11.1. The topological polar surface area (TPSA) is 67.4 Å². The quantitative estimate of drug-likeness (QED) is 0.783. The van der Waals surface area contributed by atoms with Gasteiger partial charge in [-0.1, -0.05) is 11.6 Å². The van der Waals surface area contributed by atoms with Crippen LogP contribution < -0.4 is 14.8 Å². The number of hydrogen-bond donors (Lipinski definition) is 2. The molecule has 0 unspecified atom stereocenters. The first-order valence-electron chi connectivity index (χ1n) is 6.25. The van der Waals surface area contributed by atoms with E-state index in [1.54, 1.807) is 12.1 Å². The van der Waals surface area contributed by atoms with Crippen LogP contribution in [0.3, 0.4) is 0 Å². The number of benzene rings is 1. The van der Waals surface area contributed by atoms with Crippen molar-refractivity contribution >= 4 is 26.0 Å². The predicted octanol–water partition coefficient (Wildman–Crippen LogP) is 1.66. The lowest BCUT2D eigenvalue weighted by atomic mass is 10.1. The van der Waals surface area contributed by atoms with E-state index in [2.05, 4.69) is 26.0 Å². The molecule has 2 N–H and O–H groups in total. The smallest absolute Gasteiger partial charge is 0.242 e. The Bertz CT molecular complexity index is 614. The minimum absolute atomic E-state index is 0.186. The number of rotatable bonds is 5. The van der Waals surface area contributed by atoms with E-state index in [1.165, 1.54) is 13.2 Å². The number of nitrogens with one attached hydrogen (secondary N) is 2. The highest BCUT2D eigenvalue weighted by atomic mass is 79.9.